The van der Waals surface area contributed by atoms with Gasteiger partial charge in [-0.15, -0.1) is 0 Å². The standard InChI is InChI=1S/C14H28N2O/c1-6-11-8-9-12(10(11)3)16-13(17)14(4,5)15-7-2/h10-12,15H,6-9H2,1-5H3,(H,16,17). The third-order valence-corrected chi connectivity index (χ3v) is 4.25. The summed E-state index contributed by atoms with van der Waals surface area (Å²) in [5.74, 6) is 1.52. The molecular formula is C14H28N2O. The Bertz CT molecular complexity index is 263. The zero-order chi connectivity index (χ0) is 13.1. The predicted molar refractivity (Wildman–Crippen MR) is 71.9 cm³/mol. The molecule has 1 aliphatic carbocycles. The molecule has 1 rings (SSSR count). The summed E-state index contributed by atoms with van der Waals surface area (Å²) in [5, 5.41) is 6.44. The minimum atomic E-state index is -0.460. The molecule has 1 fully saturated rings. The van der Waals surface area contributed by atoms with E-state index in [1.807, 2.05) is 20.8 Å². The van der Waals surface area contributed by atoms with Crippen LogP contribution in [0.3, 0.4) is 0 Å². The van der Waals surface area contributed by atoms with Crippen molar-refractivity contribution >= 4 is 5.91 Å². The van der Waals surface area contributed by atoms with Crippen molar-refractivity contribution in [3.05, 3.63) is 0 Å². The van der Waals surface area contributed by atoms with E-state index in [4.69, 9.17) is 0 Å². The van der Waals surface area contributed by atoms with Crippen LogP contribution < -0.4 is 10.6 Å². The maximum atomic E-state index is 12.2. The van der Waals surface area contributed by atoms with E-state index < -0.39 is 5.54 Å². The lowest BCUT2D eigenvalue weighted by Gasteiger charge is -2.28. The molecule has 17 heavy (non-hydrogen) atoms. The van der Waals surface area contributed by atoms with E-state index in [-0.39, 0.29) is 5.91 Å². The van der Waals surface area contributed by atoms with E-state index >= 15 is 0 Å². The molecule has 3 nitrogen and oxygen atoms in total. The molecule has 0 aromatic rings. The summed E-state index contributed by atoms with van der Waals surface area (Å²) in [5.41, 5.74) is -0.460. The lowest BCUT2D eigenvalue weighted by atomic mass is 9.93. The van der Waals surface area contributed by atoms with Crippen LogP contribution in [0.15, 0.2) is 0 Å². The van der Waals surface area contributed by atoms with Gasteiger partial charge in [-0.05, 0) is 45.1 Å². The highest BCUT2D eigenvalue weighted by molar-refractivity contribution is 5.85. The smallest absolute Gasteiger partial charge is 0.239 e. The average Bonchev–Trinajstić information content (AvgIpc) is 2.60. The van der Waals surface area contributed by atoms with Crippen molar-refractivity contribution in [3.8, 4) is 0 Å². The van der Waals surface area contributed by atoms with Crippen molar-refractivity contribution in [1.82, 2.24) is 10.6 Å². The molecule has 3 heteroatoms. The molecule has 0 aliphatic heterocycles. The van der Waals surface area contributed by atoms with Gasteiger partial charge in [-0.1, -0.05) is 27.2 Å². The van der Waals surface area contributed by atoms with E-state index in [1.54, 1.807) is 0 Å². The van der Waals surface area contributed by atoms with Crippen LogP contribution in [-0.2, 0) is 4.79 Å². The van der Waals surface area contributed by atoms with Gasteiger partial charge in [0.25, 0.3) is 0 Å². The summed E-state index contributed by atoms with van der Waals surface area (Å²) in [6, 6.07) is 0.366. The fourth-order valence-electron chi connectivity index (χ4n) is 2.90. The monoisotopic (exact) mass is 240 g/mol. The Hall–Kier alpha value is -0.570. The first kappa shape index (κ1) is 14.5. The van der Waals surface area contributed by atoms with Crippen molar-refractivity contribution in [3.63, 3.8) is 0 Å². The van der Waals surface area contributed by atoms with E-state index in [1.165, 1.54) is 12.8 Å². The minimum absolute atomic E-state index is 0.132. The summed E-state index contributed by atoms with van der Waals surface area (Å²) < 4.78 is 0. The predicted octanol–water partition coefficient (Wildman–Crippen LogP) is 2.32. The maximum absolute atomic E-state index is 12.2. The Morgan fingerprint density at radius 3 is 2.41 bits per heavy atom. The Balaban J connectivity index is 2.52. The Morgan fingerprint density at radius 2 is 1.94 bits per heavy atom. The first-order valence-electron chi connectivity index (χ1n) is 6.98. The molecule has 1 saturated carbocycles. The van der Waals surface area contributed by atoms with Crippen LogP contribution in [0.1, 0.15) is 53.9 Å². The fourth-order valence-corrected chi connectivity index (χ4v) is 2.90. The molecule has 3 atom stereocenters. The van der Waals surface area contributed by atoms with Crippen molar-refractivity contribution in [2.75, 3.05) is 6.54 Å². The molecule has 0 aromatic heterocycles. The number of rotatable bonds is 5. The third-order valence-electron chi connectivity index (χ3n) is 4.25. The maximum Gasteiger partial charge on any atom is 0.239 e. The molecule has 0 heterocycles. The van der Waals surface area contributed by atoms with Crippen molar-refractivity contribution < 1.29 is 4.79 Å². The molecule has 2 N–H and O–H groups in total. The quantitative estimate of drug-likeness (QED) is 0.774. The lowest BCUT2D eigenvalue weighted by molar-refractivity contribution is -0.127. The molecule has 0 saturated heterocycles. The van der Waals surface area contributed by atoms with Crippen LogP contribution in [0.4, 0.5) is 0 Å². The highest BCUT2D eigenvalue weighted by Gasteiger charge is 2.35. The van der Waals surface area contributed by atoms with Gasteiger partial charge in [0, 0.05) is 6.04 Å². The first-order chi connectivity index (χ1) is 7.92. The summed E-state index contributed by atoms with van der Waals surface area (Å²) in [4.78, 5) is 12.2. The van der Waals surface area contributed by atoms with Gasteiger partial charge in [-0.3, -0.25) is 4.79 Å². The zero-order valence-corrected chi connectivity index (χ0v) is 12.0. The molecule has 0 aromatic carbocycles. The van der Waals surface area contributed by atoms with Crippen LogP contribution in [0, 0.1) is 11.8 Å². The molecule has 0 bridgehead atoms. The number of likely N-dealkylation sites (N-methyl/N-ethyl adjacent to an activating group) is 1. The first-order valence-corrected chi connectivity index (χ1v) is 6.98. The number of hydrogen-bond donors (Lipinski definition) is 2. The van der Waals surface area contributed by atoms with Crippen LogP contribution in [0.5, 0.6) is 0 Å². The normalized spacial score (nSPS) is 29.4. The van der Waals surface area contributed by atoms with Crippen molar-refractivity contribution in [2.45, 2.75) is 65.5 Å². The Morgan fingerprint density at radius 1 is 1.29 bits per heavy atom. The van der Waals surface area contributed by atoms with Gasteiger partial charge in [0.2, 0.25) is 5.91 Å². The largest absolute Gasteiger partial charge is 0.352 e. The Labute approximate surface area is 106 Å². The lowest BCUT2D eigenvalue weighted by Crippen LogP contribution is -2.55. The topological polar surface area (TPSA) is 41.1 Å². The van der Waals surface area contributed by atoms with Crippen molar-refractivity contribution in [2.24, 2.45) is 11.8 Å². The highest BCUT2D eigenvalue weighted by atomic mass is 16.2. The number of carbonyl (C=O) groups excluding carboxylic acids is 1. The van der Waals surface area contributed by atoms with E-state index in [2.05, 4.69) is 24.5 Å². The van der Waals surface area contributed by atoms with Crippen LogP contribution in [0.2, 0.25) is 0 Å². The van der Waals surface area contributed by atoms with E-state index in [9.17, 15) is 4.79 Å². The van der Waals surface area contributed by atoms with Gasteiger partial charge >= 0.3 is 0 Å². The number of hydrogen-bond acceptors (Lipinski definition) is 2. The van der Waals surface area contributed by atoms with Gasteiger partial charge in [-0.2, -0.15) is 0 Å². The molecule has 3 unspecified atom stereocenters. The second-order valence-corrected chi connectivity index (χ2v) is 5.84. The van der Waals surface area contributed by atoms with Crippen LogP contribution >= 0.6 is 0 Å². The summed E-state index contributed by atoms with van der Waals surface area (Å²) in [6.45, 7) is 11.3. The third kappa shape index (κ3) is 3.44. The number of carbonyl (C=O) groups is 1. The molecule has 1 amide bonds. The highest BCUT2D eigenvalue weighted by Crippen LogP contribution is 2.34. The van der Waals surface area contributed by atoms with Crippen LogP contribution in [-0.4, -0.2) is 24.0 Å². The van der Waals surface area contributed by atoms with Crippen LogP contribution in [0.25, 0.3) is 0 Å². The van der Waals surface area contributed by atoms with Gasteiger partial charge in [0.1, 0.15) is 0 Å². The van der Waals surface area contributed by atoms with E-state index in [0.29, 0.717) is 12.0 Å². The minimum Gasteiger partial charge on any atom is -0.352 e. The molecule has 0 radical (unpaired) electrons. The zero-order valence-electron chi connectivity index (χ0n) is 12.0. The molecular weight excluding hydrogens is 212 g/mol. The Kier molecular flexibility index (Phi) is 4.99. The second-order valence-electron chi connectivity index (χ2n) is 5.84. The van der Waals surface area contributed by atoms with Gasteiger partial charge in [-0.25, -0.2) is 0 Å². The second kappa shape index (κ2) is 5.85. The summed E-state index contributed by atoms with van der Waals surface area (Å²) >= 11 is 0. The van der Waals surface area contributed by atoms with E-state index in [0.717, 1.165) is 18.9 Å². The SMILES string of the molecule is CCNC(C)(C)C(=O)NC1CCC(CC)C1C. The fraction of sp³-hybridized carbons (Fsp3) is 0.929. The number of amides is 1. The average molecular weight is 240 g/mol. The van der Waals surface area contributed by atoms with Crippen molar-refractivity contribution in [1.29, 1.82) is 0 Å². The number of nitrogens with one attached hydrogen (secondary N) is 2. The molecule has 100 valence electrons. The molecule has 1 aliphatic rings. The van der Waals surface area contributed by atoms with Gasteiger partial charge < -0.3 is 10.6 Å². The summed E-state index contributed by atoms with van der Waals surface area (Å²) in [6.07, 6.45) is 3.61. The summed E-state index contributed by atoms with van der Waals surface area (Å²) in [7, 11) is 0. The van der Waals surface area contributed by atoms with Gasteiger partial charge in [0.15, 0.2) is 0 Å². The van der Waals surface area contributed by atoms with Gasteiger partial charge in [0.05, 0.1) is 5.54 Å². The molecule has 0 spiro atoms.